The number of nitrogens with zero attached hydrogens (tertiary/aromatic N) is 1. The number of hydrogen-bond donors (Lipinski definition) is 0. The molecule has 0 saturated heterocycles. The van der Waals surface area contributed by atoms with Gasteiger partial charge >= 0.3 is 0 Å². The smallest absolute Gasteiger partial charge is 0.266 e. The lowest BCUT2D eigenvalue weighted by Crippen LogP contribution is -1.99. The Hall–Kier alpha value is -1.39. The Bertz CT molecular complexity index is 765. The monoisotopic (exact) mass is 421 g/mol. The summed E-state index contributed by atoms with van der Waals surface area (Å²) in [6, 6.07) is 13.7. The van der Waals surface area contributed by atoms with E-state index in [9.17, 15) is 4.79 Å². The fourth-order valence-electron chi connectivity index (χ4n) is 1.89. The maximum Gasteiger partial charge on any atom is 0.285 e. The molecule has 0 heterocycles. The third-order valence-electron chi connectivity index (χ3n) is 2.88. The van der Waals surface area contributed by atoms with Gasteiger partial charge in [-0.1, -0.05) is 58.9 Å². The molecule has 5 heteroatoms. The molecule has 2 aromatic rings. The first-order valence-electron chi connectivity index (χ1n) is 5.91. The van der Waals surface area contributed by atoms with Gasteiger partial charge in [-0.2, -0.15) is 4.99 Å². The molecular weight excluding hydrogens is 414 g/mol. The van der Waals surface area contributed by atoms with Crippen LogP contribution in [0.25, 0.3) is 16.7 Å². The SMILES string of the molecule is C=C(C(=O)N=C=S)c1c(Br)ccc(-c2ccccc2)c1Br. The molecule has 1 amide bonds. The first-order valence-corrected chi connectivity index (χ1v) is 7.90. The lowest BCUT2D eigenvalue weighted by atomic mass is 9.99. The molecule has 0 saturated carbocycles. The van der Waals surface area contributed by atoms with Gasteiger partial charge in [-0.3, -0.25) is 4.79 Å². The fraction of sp³-hybridized carbons (Fsp3) is 0. The predicted molar refractivity (Wildman–Crippen MR) is 96.3 cm³/mol. The molecule has 0 aliphatic heterocycles. The van der Waals surface area contributed by atoms with Crippen LogP contribution < -0.4 is 0 Å². The minimum atomic E-state index is -0.503. The largest absolute Gasteiger partial charge is 0.285 e. The summed E-state index contributed by atoms with van der Waals surface area (Å²) in [6.07, 6.45) is 0. The number of isothiocyanates is 1. The number of aliphatic imine (C=N–C) groups is 1. The van der Waals surface area contributed by atoms with Crippen LogP contribution in [0, 0.1) is 0 Å². The molecule has 0 spiro atoms. The molecule has 0 unspecified atom stereocenters. The summed E-state index contributed by atoms with van der Waals surface area (Å²) in [5.74, 6) is -0.503. The molecule has 0 N–H and O–H groups in total. The molecule has 0 bridgehead atoms. The zero-order valence-electron chi connectivity index (χ0n) is 10.8. The van der Waals surface area contributed by atoms with Crippen LogP contribution in [0.4, 0.5) is 0 Å². The van der Waals surface area contributed by atoms with Gasteiger partial charge in [0.25, 0.3) is 5.91 Å². The van der Waals surface area contributed by atoms with E-state index in [2.05, 4.69) is 60.8 Å². The molecule has 0 aromatic heterocycles. The van der Waals surface area contributed by atoms with Crippen LogP contribution in [0.5, 0.6) is 0 Å². The highest BCUT2D eigenvalue weighted by atomic mass is 79.9. The summed E-state index contributed by atoms with van der Waals surface area (Å²) < 4.78 is 1.54. The van der Waals surface area contributed by atoms with Crippen molar-refractivity contribution in [2.75, 3.05) is 0 Å². The van der Waals surface area contributed by atoms with Crippen LogP contribution in [0.3, 0.4) is 0 Å². The molecule has 0 radical (unpaired) electrons. The number of hydrogen-bond acceptors (Lipinski definition) is 2. The average Bonchev–Trinajstić information content (AvgIpc) is 2.48. The minimum absolute atomic E-state index is 0.254. The lowest BCUT2D eigenvalue weighted by molar-refractivity contribution is -0.112. The van der Waals surface area contributed by atoms with E-state index < -0.39 is 5.91 Å². The van der Waals surface area contributed by atoms with Gasteiger partial charge in [-0.25, -0.2) is 0 Å². The van der Waals surface area contributed by atoms with Crippen LogP contribution in [-0.2, 0) is 4.79 Å². The van der Waals surface area contributed by atoms with Crippen molar-refractivity contribution >= 4 is 60.7 Å². The molecule has 0 aliphatic carbocycles. The van der Waals surface area contributed by atoms with Crippen LogP contribution in [0.15, 0.2) is 63.0 Å². The first-order chi connectivity index (χ1) is 10.1. The summed E-state index contributed by atoms with van der Waals surface area (Å²) in [5.41, 5.74) is 2.92. The van der Waals surface area contributed by atoms with Gasteiger partial charge in [0.1, 0.15) is 0 Å². The highest BCUT2D eigenvalue weighted by molar-refractivity contribution is 9.11. The molecular formula is C16H9Br2NOS. The van der Waals surface area contributed by atoms with Gasteiger partial charge < -0.3 is 0 Å². The van der Waals surface area contributed by atoms with Crippen LogP contribution in [-0.4, -0.2) is 11.1 Å². The molecule has 21 heavy (non-hydrogen) atoms. The van der Waals surface area contributed by atoms with Crippen molar-refractivity contribution < 1.29 is 4.79 Å². The molecule has 0 atom stereocenters. The van der Waals surface area contributed by atoms with Gasteiger partial charge in [0.05, 0.1) is 5.16 Å². The Morgan fingerprint density at radius 3 is 2.43 bits per heavy atom. The van der Waals surface area contributed by atoms with E-state index in [0.717, 1.165) is 20.1 Å². The Morgan fingerprint density at radius 1 is 1.14 bits per heavy atom. The van der Waals surface area contributed by atoms with E-state index in [0.29, 0.717) is 5.56 Å². The average molecular weight is 423 g/mol. The van der Waals surface area contributed by atoms with Crippen molar-refractivity contribution in [1.29, 1.82) is 0 Å². The maximum absolute atomic E-state index is 11.9. The zero-order valence-corrected chi connectivity index (χ0v) is 14.8. The Labute approximate surface area is 144 Å². The van der Waals surface area contributed by atoms with Crippen molar-refractivity contribution in [2.45, 2.75) is 0 Å². The number of benzene rings is 2. The number of carbonyl (C=O) groups excluding carboxylic acids is 1. The van der Waals surface area contributed by atoms with E-state index in [4.69, 9.17) is 0 Å². The van der Waals surface area contributed by atoms with Crippen molar-refractivity contribution in [1.82, 2.24) is 0 Å². The summed E-state index contributed by atoms with van der Waals surface area (Å²) >= 11 is 11.5. The predicted octanol–water partition coefficient (Wildman–Crippen LogP) is 5.52. The number of thiocarbonyl (C=S) groups is 1. The number of amides is 1. The molecule has 104 valence electrons. The van der Waals surface area contributed by atoms with Crippen molar-refractivity contribution in [3.8, 4) is 11.1 Å². The van der Waals surface area contributed by atoms with Crippen molar-refractivity contribution in [3.63, 3.8) is 0 Å². The van der Waals surface area contributed by atoms with Gasteiger partial charge in [0.15, 0.2) is 0 Å². The summed E-state index contributed by atoms with van der Waals surface area (Å²) in [5, 5.41) is 2.07. The highest BCUT2D eigenvalue weighted by Gasteiger charge is 2.18. The third kappa shape index (κ3) is 3.44. The zero-order chi connectivity index (χ0) is 15.4. The first kappa shape index (κ1) is 16.0. The minimum Gasteiger partial charge on any atom is -0.266 e. The second-order valence-corrected chi connectivity index (χ2v) is 5.97. The van der Waals surface area contributed by atoms with Crippen LogP contribution in [0.2, 0.25) is 0 Å². The lowest BCUT2D eigenvalue weighted by Gasteiger charge is -2.12. The van der Waals surface area contributed by atoms with E-state index >= 15 is 0 Å². The van der Waals surface area contributed by atoms with E-state index in [1.54, 1.807) is 0 Å². The molecule has 0 fully saturated rings. The second-order valence-electron chi connectivity index (χ2n) is 4.14. The molecule has 2 rings (SSSR count). The molecule has 0 aliphatic rings. The number of rotatable bonds is 3. The Kier molecular flexibility index (Phi) is 5.37. The molecule has 2 aromatic carbocycles. The fourth-order valence-corrected chi connectivity index (χ4v) is 3.62. The normalized spacial score (nSPS) is 9.81. The number of carbonyl (C=O) groups is 1. The second kappa shape index (κ2) is 7.05. The van der Waals surface area contributed by atoms with Gasteiger partial charge in [0.2, 0.25) is 0 Å². The molecule has 2 nitrogen and oxygen atoms in total. The van der Waals surface area contributed by atoms with Crippen molar-refractivity contribution in [3.05, 3.63) is 63.6 Å². The van der Waals surface area contributed by atoms with E-state index in [-0.39, 0.29) is 5.57 Å². The Balaban J connectivity index is 2.60. The van der Waals surface area contributed by atoms with Crippen molar-refractivity contribution in [2.24, 2.45) is 4.99 Å². The standard InChI is InChI=1S/C16H9Br2NOS/c1-10(16(20)19-9-21)14-13(17)8-7-12(15(14)18)11-5-3-2-4-6-11/h2-8H,1H2. The topological polar surface area (TPSA) is 29.4 Å². The summed E-state index contributed by atoms with van der Waals surface area (Å²) in [6.45, 7) is 3.81. The quantitative estimate of drug-likeness (QED) is 0.370. The van der Waals surface area contributed by atoms with Crippen LogP contribution in [0.1, 0.15) is 5.56 Å². The van der Waals surface area contributed by atoms with Gasteiger partial charge in [0, 0.05) is 20.1 Å². The number of halogens is 2. The highest BCUT2D eigenvalue weighted by Crippen LogP contribution is 2.38. The Morgan fingerprint density at radius 2 is 1.81 bits per heavy atom. The van der Waals surface area contributed by atoms with Crippen LogP contribution >= 0.6 is 44.1 Å². The summed E-state index contributed by atoms with van der Waals surface area (Å²) in [7, 11) is 0. The van der Waals surface area contributed by atoms with Gasteiger partial charge in [-0.15, -0.1) is 0 Å². The van der Waals surface area contributed by atoms with Gasteiger partial charge in [-0.05, 0) is 45.3 Å². The maximum atomic E-state index is 11.9. The third-order valence-corrected chi connectivity index (χ3v) is 4.46. The van der Waals surface area contributed by atoms with E-state index in [1.165, 1.54) is 0 Å². The van der Waals surface area contributed by atoms with E-state index in [1.807, 2.05) is 42.5 Å². The summed E-state index contributed by atoms with van der Waals surface area (Å²) in [4.78, 5) is 15.3.